The molecule has 0 saturated heterocycles. The van der Waals surface area contributed by atoms with Gasteiger partial charge in [0.2, 0.25) is 0 Å². The van der Waals surface area contributed by atoms with Crippen molar-refractivity contribution in [1.29, 1.82) is 0 Å². The van der Waals surface area contributed by atoms with Gasteiger partial charge in [-0.15, -0.1) is 0 Å². The van der Waals surface area contributed by atoms with Gasteiger partial charge < -0.3 is 10.5 Å². The molecule has 0 atom stereocenters. The highest BCUT2D eigenvalue weighted by atomic mass is 32.1. The monoisotopic (exact) mass is 273 g/mol. The predicted octanol–water partition coefficient (Wildman–Crippen LogP) is 2.83. The molecule has 5 heteroatoms. The fourth-order valence-corrected chi connectivity index (χ4v) is 1.70. The Bertz CT molecular complexity index is 641. The largest absolute Gasteiger partial charge is 0.424 e. The van der Waals surface area contributed by atoms with Crippen LogP contribution in [0.2, 0.25) is 0 Å². The molecule has 0 bridgehead atoms. The minimum absolute atomic E-state index is 0.232. The molecule has 19 heavy (non-hydrogen) atoms. The minimum Gasteiger partial charge on any atom is -0.424 e. The summed E-state index contributed by atoms with van der Waals surface area (Å²) in [6, 6.07) is 7.81. The molecule has 2 rings (SSSR count). The number of nitrogens with two attached hydrogens (primary N) is 1. The number of rotatable bonds is 3. The lowest BCUT2D eigenvalue weighted by atomic mass is 10.1. The average Bonchev–Trinajstić information content (AvgIpc) is 2.33. The zero-order chi connectivity index (χ0) is 14.0. The maximum Gasteiger partial charge on any atom is 0.322 e. The Hall–Kier alpha value is -2.01. The smallest absolute Gasteiger partial charge is 0.322 e. The van der Waals surface area contributed by atoms with E-state index in [1.807, 2.05) is 39.0 Å². The van der Waals surface area contributed by atoms with E-state index < -0.39 is 0 Å². The molecule has 0 aliphatic rings. The van der Waals surface area contributed by atoms with Crippen molar-refractivity contribution in [2.75, 3.05) is 0 Å². The van der Waals surface area contributed by atoms with E-state index in [9.17, 15) is 0 Å². The summed E-state index contributed by atoms with van der Waals surface area (Å²) < 4.78 is 5.65. The summed E-state index contributed by atoms with van der Waals surface area (Å²) >= 11 is 4.92. The van der Waals surface area contributed by atoms with Crippen molar-refractivity contribution in [2.45, 2.75) is 20.8 Å². The highest BCUT2D eigenvalue weighted by Gasteiger charge is 2.07. The number of aryl methyl sites for hydroxylation is 3. The van der Waals surface area contributed by atoms with Gasteiger partial charge in [0.15, 0.2) is 0 Å². The molecule has 0 unspecified atom stereocenters. The van der Waals surface area contributed by atoms with E-state index in [0.717, 1.165) is 11.3 Å². The second-order valence-corrected chi connectivity index (χ2v) is 4.83. The minimum atomic E-state index is 0.232. The van der Waals surface area contributed by atoms with E-state index in [0.29, 0.717) is 11.4 Å². The van der Waals surface area contributed by atoms with Crippen molar-refractivity contribution in [3.05, 3.63) is 46.8 Å². The topological polar surface area (TPSA) is 61.0 Å². The summed E-state index contributed by atoms with van der Waals surface area (Å²) in [5.41, 5.74) is 9.21. The first-order valence-electron chi connectivity index (χ1n) is 5.86. The first-order chi connectivity index (χ1) is 8.95. The maximum absolute atomic E-state index is 5.65. The van der Waals surface area contributed by atoms with Crippen molar-refractivity contribution < 1.29 is 4.74 Å². The Morgan fingerprint density at radius 3 is 2.47 bits per heavy atom. The number of nitrogens with zero attached hydrogens (tertiary/aromatic N) is 2. The zero-order valence-electron chi connectivity index (χ0n) is 11.1. The lowest BCUT2D eigenvalue weighted by Crippen LogP contribution is -2.13. The van der Waals surface area contributed by atoms with Crippen molar-refractivity contribution >= 4 is 17.2 Å². The molecule has 1 aromatic carbocycles. The van der Waals surface area contributed by atoms with Gasteiger partial charge in [0.05, 0.1) is 0 Å². The van der Waals surface area contributed by atoms with Gasteiger partial charge in [-0.2, -0.15) is 4.98 Å². The Morgan fingerprint density at radius 1 is 1.11 bits per heavy atom. The van der Waals surface area contributed by atoms with Crippen LogP contribution in [0.4, 0.5) is 0 Å². The van der Waals surface area contributed by atoms with E-state index >= 15 is 0 Å². The van der Waals surface area contributed by atoms with Crippen LogP contribution in [0.25, 0.3) is 0 Å². The third kappa shape index (κ3) is 3.26. The van der Waals surface area contributed by atoms with E-state index in [4.69, 9.17) is 22.7 Å². The number of hydrogen-bond acceptors (Lipinski definition) is 4. The number of aromatic nitrogens is 2. The summed E-state index contributed by atoms with van der Waals surface area (Å²) in [6.07, 6.45) is 0. The van der Waals surface area contributed by atoms with Crippen LogP contribution in [0.1, 0.15) is 22.5 Å². The van der Waals surface area contributed by atoms with Gasteiger partial charge in [-0.05, 0) is 50.1 Å². The maximum atomic E-state index is 5.65. The molecule has 0 aliphatic carbocycles. The summed E-state index contributed by atoms with van der Waals surface area (Å²) in [5, 5.41) is 0. The molecule has 2 aromatic rings. The second-order valence-electron chi connectivity index (χ2n) is 4.39. The van der Waals surface area contributed by atoms with Crippen molar-refractivity contribution in [1.82, 2.24) is 9.97 Å². The molecule has 1 heterocycles. The van der Waals surface area contributed by atoms with Gasteiger partial charge in [0.1, 0.15) is 16.4 Å². The summed E-state index contributed by atoms with van der Waals surface area (Å²) in [5.74, 6) is 0.697. The third-order valence-electron chi connectivity index (χ3n) is 2.77. The third-order valence-corrected chi connectivity index (χ3v) is 2.98. The first-order valence-corrected chi connectivity index (χ1v) is 6.27. The van der Waals surface area contributed by atoms with Gasteiger partial charge in [-0.3, -0.25) is 0 Å². The van der Waals surface area contributed by atoms with Crippen LogP contribution in [0.3, 0.4) is 0 Å². The van der Waals surface area contributed by atoms with Crippen LogP contribution in [-0.2, 0) is 0 Å². The van der Waals surface area contributed by atoms with Crippen LogP contribution >= 0.6 is 12.2 Å². The summed E-state index contributed by atoms with van der Waals surface area (Å²) in [7, 11) is 0. The van der Waals surface area contributed by atoms with Crippen molar-refractivity contribution in [3.8, 4) is 11.8 Å². The molecular formula is C14H15N3OS. The second kappa shape index (κ2) is 5.32. The molecule has 0 saturated carbocycles. The average molecular weight is 273 g/mol. The van der Waals surface area contributed by atoms with E-state index in [1.165, 1.54) is 5.56 Å². The molecule has 4 nitrogen and oxygen atoms in total. The molecule has 0 amide bonds. The molecule has 0 fully saturated rings. The van der Waals surface area contributed by atoms with Crippen molar-refractivity contribution in [3.63, 3.8) is 0 Å². The fraction of sp³-hybridized carbons (Fsp3) is 0.214. The quantitative estimate of drug-likeness (QED) is 0.871. The van der Waals surface area contributed by atoms with Crippen LogP contribution in [0.15, 0.2) is 24.3 Å². The summed E-state index contributed by atoms with van der Waals surface area (Å²) in [6.45, 7) is 5.92. The van der Waals surface area contributed by atoms with Gasteiger partial charge in [0.25, 0.3) is 0 Å². The number of thiocarbonyl (C=S) groups is 1. The van der Waals surface area contributed by atoms with Crippen LogP contribution in [0, 0.1) is 20.8 Å². The summed E-state index contributed by atoms with van der Waals surface area (Å²) in [4.78, 5) is 8.63. The SMILES string of the molecule is Cc1cc(C(N)=S)nc(Oc2ccc(C)c(C)c2)n1. The molecule has 98 valence electrons. The Kier molecular flexibility index (Phi) is 3.76. The zero-order valence-corrected chi connectivity index (χ0v) is 11.9. The van der Waals surface area contributed by atoms with E-state index in [-0.39, 0.29) is 11.0 Å². The van der Waals surface area contributed by atoms with Crippen LogP contribution < -0.4 is 10.5 Å². The van der Waals surface area contributed by atoms with Gasteiger partial charge in [0, 0.05) is 5.69 Å². The standard InChI is InChI=1S/C14H15N3OS/c1-8-4-5-11(6-9(8)2)18-14-16-10(3)7-12(17-14)13(15)19/h4-7H,1-3H3,(H2,15,19). The van der Waals surface area contributed by atoms with Crippen LogP contribution in [-0.4, -0.2) is 15.0 Å². The molecular weight excluding hydrogens is 258 g/mol. The first kappa shape index (κ1) is 13.4. The fourth-order valence-electron chi connectivity index (χ4n) is 1.60. The predicted molar refractivity (Wildman–Crippen MR) is 78.6 cm³/mol. The molecule has 0 aliphatic heterocycles. The molecule has 2 N–H and O–H groups in total. The lowest BCUT2D eigenvalue weighted by Gasteiger charge is -2.08. The molecule has 0 spiro atoms. The van der Waals surface area contributed by atoms with Crippen LogP contribution in [0.5, 0.6) is 11.8 Å². The van der Waals surface area contributed by atoms with Gasteiger partial charge in [-0.25, -0.2) is 4.98 Å². The van der Waals surface area contributed by atoms with E-state index in [1.54, 1.807) is 6.07 Å². The molecule has 0 radical (unpaired) electrons. The number of benzene rings is 1. The lowest BCUT2D eigenvalue weighted by molar-refractivity contribution is 0.439. The Morgan fingerprint density at radius 2 is 1.84 bits per heavy atom. The normalized spacial score (nSPS) is 10.3. The highest BCUT2D eigenvalue weighted by molar-refractivity contribution is 7.80. The van der Waals surface area contributed by atoms with Crippen molar-refractivity contribution in [2.24, 2.45) is 5.73 Å². The number of hydrogen-bond donors (Lipinski definition) is 1. The highest BCUT2D eigenvalue weighted by Crippen LogP contribution is 2.21. The van der Waals surface area contributed by atoms with Gasteiger partial charge >= 0.3 is 6.01 Å². The Labute approximate surface area is 117 Å². The van der Waals surface area contributed by atoms with Gasteiger partial charge in [-0.1, -0.05) is 18.3 Å². The van der Waals surface area contributed by atoms with E-state index in [2.05, 4.69) is 9.97 Å². The Balaban J connectivity index is 2.32. The number of ether oxygens (including phenoxy) is 1. The molecule has 1 aromatic heterocycles.